The van der Waals surface area contributed by atoms with Gasteiger partial charge in [-0.2, -0.15) is 0 Å². The summed E-state index contributed by atoms with van der Waals surface area (Å²) < 4.78 is 0.809. The first kappa shape index (κ1) is 13.6. The van der Waals surface area contributed by atoms with Gasteiger partial charge in [0.1, 0.15) is 0 Å². The fourth-order valence-electron chi connectivity index (χ4n) is 1.88. The standard InChI is InChI=1S/C15H15BrN2O/c1-2-10-5-3-4-6-12(10)15(19)18-14-9-11(17)7-8-13(14)16/h3-9H,2,17H2,1H3,(H,18,19). The van der Waals surface area contributed by atoms with Crippen LogP contribution in [0, 0.1) is 0 Å². The van der Waals surface area contributed by atoms with Crippen molar-refractivity contribution in [2.75, 3.05) is 11.1 Å². The molecule has 0 aliphatic heterocycles. The summed E-state index contributed by atoms with van der Waals surface area (Å²) in [5.41, 5.74) is 8.74. The van der Waals surface area contributed by atoms with Gasteiger partial charge in [0, 0.05) is 15.7 Å². The van der Waals surface area contributed by atoms with Crippen LogP contribution in [-0.4, -0.2) is 5.91 Å². The summed E-state index contributed by atoms with van der Waals surface area (Å²) in [6, 6.07) is 12.9. The molecule has 0 saturated carbocycles. The van der Waals surface area contributed by atoms with Crippen LogP contribution >= 0.6 is 15.9 Å². The minimum absolute atomic E-state index is 0.122. The number of nitrogens with one attached hydrogen (secondary N) is 1. The van der Waals surface area contributed by atoms with Gasteiger partial charge in [-0.25, -0.2) is 0 Å². The Hall–Kier alpha value is -1.81. The molecule has 2 rings (SSSR count). The van der Waals surface area contributed by atoms with Gasteiger partial charge in [0.05, 0.1) is 5.69 Å². The van der Waals surface area contributed by atoms with E-state index < -0.39 is 0 Å². The van der Waals surface area contributed by atoms with E-state index in [-0.39, 0.29) is 5.91 Å². The Balaban J connectivity index is 2.28. The highest BCUT2D eigenvalue weighted by atomic mass is 79.9. The summed E-state index contributed by atoms with van der Waals surface area (Å²) in [4.78, 5) is 12.3. The monoisotopic (exact) mass is 318 g/mol. The van der Waals surface area contributed by atoms with Crippen LogP contribution in [0.4, 0.5) is 11.4 Å². The van der Waals surface area contributed by atoms with Gasteiger partial charge in [0.15, 0.2) is 0 Å². The lowest BCUT2D eigenvalue weighted by molar-refractivity contribution is 0.102. The van der Waals surface area contributed by atoms with E-state index in [1.54, 1.807) is 12.1 Å². The lowest BCUT2D eigenvalue weighted by Crippen LogP contribution is -2.14. The van der Waals surface area contributed by atoms with Gasteiger partial charge in [-0.1, -0.05) is 25.1 Å². The Morgan fingerprint density at radius 3 is 2.74 bits per heavy atom. The molecule has 0 radical (unpaired) electrons. The zero-order valence-electron chi connectivity index (χ0n) is 10.6. The van der Waals surface area contributed by atoms with Gasteiger partial charge < -0.3 is 11.1 Å². The SMILES string of the molecule is CCc1ccccc1C(=O)Nc1cc(N)ccc1Br. The Labute approximate surface area is 121 Å². The molecule has 19 heavy (non-hydrogen) atoms. The van der Waals surface area contributed by atoms with E-state index in [4.69, 9.17) is 5.73 Å². The van der Waals surface area contributed by atoms with Crippen LogP contribution in [0.25, 0.3) is 0 Å². The molecule has 3 nitrogen and oxygen atoms in total. The summed E-state index contributed by atoms with van der Waals surface area (Å²) in [6.45, 7) is 2.03. The van der Waals surface area contributed by atoms with E-state index in [1.165, 1.54) is 0 Å². The smallest absolute Gasteiger partial charge is 0.255 e. The number of hydrogen-bond acceptors (Lipinski definition) is 2. The number of carbonyl (C=O) groups excluding carboxylic acids is 1. The van der Waals surface area contributed by atoms with Crippen LogP contribution in [0.1, 0.15) is 22.8 Å². The largest absolute Gasteiger partial charge is 0.399 e. The van der Waals surface area contributed by atoms with Crippen molar-refractivity contribution >= 4 is 33.2 Å². The molecule has 0 heterocycles. The highest BCUT2D eigenvalue weighted by Crippen LogP contribution is 2.25. The lowest BCUT2D eigenvalue weighted by Gasteiger charge is -2.10. The van der Waals surface area contributed by atoms with E-state index in [0.717, 1.165) is 16.5 Å². The molecule has 0 fully saturated rings. The van der Waals surface area contributed by atoms with Crippen LogP contribution < -0.4 is 11.1 Å². The first-order valence-electron chi connectivity index (χ1n) is 6.06. The maximum absolute atomic E-state index is 12.3. The summed E-state index contributed by atoms with van der Waals surface area (Å²) in [6.07, 6.45) is 0.821. The van der Waals surface area contributed by atoms with Crippen LogP contribution in [0.2, 0.25) is 0 Å². The number of carbonyl (C=O) groups is 1. The second-order valence-electron chi connectivity index (χ2n) is 4.20. The molecule has 2 aromatic rings. The normalized spacial score (nSPS) is 10.2. The first-order chi connectivity index (χ1) is 9.11. The number of nitrogens with two attached hydrogens (primary N) is 1. The van der Waals surface area contributed by atoms with Crippen molar-refractivity contribution < 1.29 is 4.79 Å². The van der Waals surface area contributed by atoms with E-state index >= 15 is 0 Å². The molecule has 0 atom stereocenters. The van der Waals surface area contributed by atoms with Crippen molar-refractivity contribution in [1.82, 2.24) is 0 Å². The van der Waals surface area contributed by atoms with E-state index in [9.17, 15) is 4.79 Å². The van der Waals surface area contributed by atoms with Gasteiger partial charge in [-0.3, -0.25) is 4.79 Å². The van der Waals surface area contributed by atoms with Crippen molar-refractivity contribution in [3.63, 3.8) is 0 Å². The number of anilines is 2. The second-order valence-corrected chi connectivity index (χ2v) is 5.06. The molecule has 4 heteroatoms. The molecule has 0 bridgehead atoms. The van der Waals surface area contributed by atoms with Gasteiger partial charge >= 0.3 is 0 Å². The van der Waals surface area contributed by atoms with Crippen LogP contribution in [0.3, 0.4) is 0 Å². The van der Waals surface area contributed by atoms with E-state index in [2.05, 4.69) is 21.2 Å². The van der Waals surface area contributed by atoms with E-state index in [0.29, 0.717) is 16.9 Å². The Morgan fingerprint density at radius 1 is 1.26 bits per heavy atom. The number of rotatable bonds is 3. The average molecular weight is 319 g/mol. The highest BCUT2D eigenvalue weighted by molar-refractivity contribution is 9.10. The minimum Gasteiger partial charge on any atom is -0.399 e. The number of hydrogen-bond donors (Lipinski definition) is 2. The fourth-order valence-corrected chi connectivity index (χ4v) is 2.22. The number of aryl methyl sites for hydroxylation is 1. The van der Waals surface area contributed by atoms with Crippen molar-refractivity contribution in [1.29, 1.82) is 0 Å². The van der Waals surface area contributed by atoms with E-state index in [1.807, 2.05) is 37.3 Å². The van der Waals surface area contributed by atoms with Crippen molar-refractivity contribution in [3.8, 4) is 0 Å². The quantitative estimate of drug-likeness (QED) is 0.845. The number of benzene rings is 2. The third kappa shape index (κ3) is 3.15. The molecular weight excluding hydrogens is 304 g/mol. The van der Waals surface area contributed by atoms with Crippen LogP contribution in [0.15, 0.2) is 46.9 Å². The minimum atomic E-state index is -0.122. The molecule has 3 N–H and O–H groups in total. The number of nitrogen functional groups attached to an aromatic ring is 1. The molecule has 0 aliphatic rings. The van der Waals surface area contributed by atoms with Gasteiger partial charge in [0.2, 0.25) is 0 Å². The van der Waals surface area contributed by atoms with Crippen molar-refractivity contribution in [2.45, 2.75) is 13.3 Å². The summed E-state index contributed by atoms with van der Waals surface area (Å²) in [5.74, 6) is -0.122. The molecule has 0 spiro atoms. The van der Waals surface area contributed by atoms with Gasteiger partial charge in [-0.15, -0.1) is 0 Å². The second kappa shape index (κ2) is 5.89. The topological polar surface area (TPSA) is 55.1 Å². The molecular formula is C15H15BrN2O. The third-order valence-electron chi connectivity index (χ3n) is 2.88. The molecule has 98 valence electrons. The highest BCUT2D eigenvalue weighted by Gasteiger charge is 2.11. The number of amides is 1. The van der Waals surface area contributed by atoms with Crippen LogP contribution in [-0.2, 0) is 6.42 Å². The zero-order chi connectivity index (χ0) is 13.8. The Kier molecular flexibility index (Phi) is 4.22. The maximum atomic E-state index is 12.3. The molecule has 0 aliphatic carbocycles. The van der Waals surface area contributed by atoms with Crippen molar-refractivity contribution in [2.24, 2.45) is 0 Å². The van der Waals surface area contributed by atoms with Gasteiger partial charge in [0.25, 0.3) is 5.91 Å². The lowest BCUT2D eigenvalue weighted by atomic mass is 10.0. The molecule has 0 aromatic heterocycles. The third-order valence-corrected chi connectivity index (χ3v) is 3.57. The molecule has 0 saturated heterocycles. The molecule has 0 unspecified atom stereocenters. The maximum Gasteiger partial charge on any atom is 0.255 e. The predicted molar refractivity (Wildman–Crippen MR) is 82.3 cm³/mol. The fraction of sp³-hybridized carbons (Fsp3) is 0.133. The summed E-state index contributed by atoms with van der Waals surface area (Å²) in [5, 5.41) is 2.88. The number of halogens is 1. The van der Waals surface area contributed by atoms with Crippen molar-refractivity contribution in [3.05, 3.63) is 58.1 Å². The first-order valence-corrected chi connectivity index (χ1v) is 6.85. The zero-order valence-corrected chi connectivity index (χ0v) is 12.2. The molecule has 1 amide bonds. The molecule has 2 aromatic carbocycles. The summed E-state index contributed by atoms with van der Waals surface area (Å²) in [7, 11) is 0. The van der Waals surface area contributed by atoms with Gasteiger partial charge in [-0.05, 0) is 52.2 Å². The Morgan fingerprint density at radius 2 is 2.00 bits per heavy atom. The van der Waals surface area contributed by atoms with Crippen LogP contribution in [0.5, 0.6) is 0 Å². The average Bonchev–Trinajstić information content (AvgIpc) is 2.42. The Bertz CT molecular complexity index is 611. The summed E-state index contributed by atoms with van der Waals surface area (Å²) >= 11 is 3.40. The predicted octanol–water partition coefficient (Wildman–Crippen LogP) is 3.85.